The molecule has 3 aromatic rings. The van der Waals surface area contributed by atoms with E-state index in [1.54, 1.807) is 12.1 Å². The van der Waals surface area contributed by atoms with Crippen LogP contribution in [0.25, 0.3) is 11.0 Å². The number of benzene rings is 2. The number of aryl methyl sites for hydroxylation is 1. The van der Waals surface area contributed by atoms with Gasteiger partial charge in [-0.2, -0.15) is 0 Å². The van der Waals surface area contributed by atoms with E-state index in [4.69, 9.17) is 13.9 Å². The molecule has 6 nitrogen and oxygen atoms in total. The van der Waals surface area contributed by atoms with Crippen LogP contribution in [-0.2, 0) is 12.8 Å². The fourth-order valence-electron chi connectivity index (χ4n) is 5.20. The lowest BCUT2D eigenvalue weighted by Gasteiger charge is -2.29. The second kappa shape index (κ2) is 14.0. The fourth-order valence-corrected chi connectivity index (χ4v) is 5.20. The van der Waals surface area contributed by atoms with Crippen LogP contribution in [0.15, 0.2) is 57.3 Å². The third-order valence-electron chi connectivity index (χ3n) is 7.78. The predicted molar refractivity (Wildman–Crippen MR) is 166 cm³/mol. The summed E-state index contributed by atoms with van der Waals surface area (Å²) in [5.41, 5.74) is 3.93. The van der Waals surface area contributed by atoms with Crippen LogP contribution in [0.5, 0.6) is 11.5 Å². The minimum Gasteiger partial charge on any atom is -0.493 e. The van der Waals surface area contributed by atoms with Gasteiger partial charge in [0.1, 0.15) is 23.2 Å². The van der Waals surface area contributed by atoms with Crippen molar-refractivity contribution in [3.63, 3.8) is 0 Å². The zero-order valence-electron chi connectivity index (χ0n) is 25.5. The molecule has 4 rings (SSSR count). The molecular weight excluding hydrogens is 514 g/mol. The first-order valence-electron chi connectivity index (χ1n) is 14.9. The van der Waals surface area contributed by atoms with Crippen LogP contribution >= 0.6 is 0 Å². The molecular formula is C35H45NO5. The monoisotopic (exact) mass is 559 g/mol. The SMILES string of the molecule is CC(C)=CCc1cc(C(=O)Cc2cc3ccc(OC4CCN(C)CC4)c(C)c3oc2=O)ccc1OCCCC(C)C. The highest BCUT2D eigenvalue weighted by molar-refractivity contribution is 5.98. The van der Waals surface area contributed by atoms with Gasteiger partial charge in [0.15, 0.2) is 5.78 Å². The van der Waals surface area contributed by atoms with Gasteiger partial charge in [0, 0.05) is 41.6 Å². The Morgan fingerprint density at radius 2 is 1.80 bits per heavy atom. The van der Waals surface area contributed by atoms with Crippen molar-refractivity contribution in [2.45, 2.75) is 79.2 Å². The van der Waals surface area contributed by atoms with E-state index in [0.29, 0.717) is 35.7 Å². The molecule has 1 fully saturated rings. The standard InChI is InChI=1S/C35H45NO5/c1-23(2)8-7-19-39-33-14-11-26(20-27(33)10-9-24(3)4)31(37)22-29-21-28-12-13-32(25(5)34(28)41-35(29)38)40-30-15-17-36(6)18-16-30/h9,11-14,20-21,23,30H,7-8,10,15-19,22H2,1-6H3. The maximum absolute atomic E-state index is 13.3. The van der Waals surface area contributed by atoms with Gasteiger partial charge in [-0.3, -0.25) is 4.79 Å². The summed E-state index contributed by atoms with van der Waals surface area (Å²) in [7, 11) is 2.12. The number of nitrogens with zero attached hydrogens (tertiary/aromatic N) is 1. The molecule has 0 aliphatic carbocycles. The van der Waals surface area contributed by atoms with Gasteiger partial charge in [-0.1, -0.05) is 25.5 Å². The minimum atomic E-state index is -0.486. The largest absolute Gasteiger partial charge is 0.493 e. The van der Waals surface area contributed by atoms with E-state index < -0.39 is 5.63 Å². The van der Waals surface area contributed by atoms with Gasteiger partial charge >= 0.3 is 5.63 Å². The first kappa shape index (κ1) is 30.6. The lowest BCUT2D eigenvalue weighted by Crippen LogP contribution is -2.35. The van der Waals surface area contributed by atoms with E-state index in [-0.39, 0.29) is 18.3 Å². The number of allylic oxidation sites excluding steroid dienone is 2. The number of carbonyl (C=O) groups is 1. The predicted octanol–water partition coefficient (Wildman–Crippen LogP) is 7.32. The normalized spacial score (nSPS) is 14.4. The van der Waals surface area contributed by atoms with Crippen molar-refractivity contribution in [2.24, 2.45) is 5.92 Å². The third-order valence-corrected chi connectivity index (χ3v) is 7.78. The Hall–Kier alpha value is -3.38. The molecule has 1 aliphatic rings. The summed E-state index contributed by atoms with van der Waals surface area (Å²) in [6.45, 7) is 13.1. The second-order valence-corrected chi connectivity index (χ2v) is 12.1. The van der Waals surface area contributed by atoms with Crippen LogP contribution in [0, 0.1) is 12.8 Å². The first-order chi connectivity index (χ1) is 19.6. The molecule has 41 heavy (non-hydrogen) atoms. The Labute approximate surface area is 244 Å². The van der Waals surface area contributed by atoms with Crippen molar-refractivity contribution >= 4 is 16.8 Å². The average Bonchev–Trinajstić information content (AvgIpc) is 2.93. The van der Waals surface area contributed by atoms with E-state index in [0.717, 1.165) is 66.8 Å². The number of likely N-dealkylation sites (tertiary alicyclic amines) is 1. The lowest BCUT2D eigenvalue weighted by molar-refractivity contribution is 0.0991. The summed E-state index contributed by atoms with van der Waals surface area (Å²) in [6, 6.07) is 11.2. The molecule has 0 amide bonds. The molecule has 0 bridgehead atoms. The summed E-state index contributed by atoms with van der Waals surface area (Å²) in [4.78, 5) is 28.6. The number of Topliss-reactive ketones (excluding diaryl/α,β-unsaturated/α-hetero) is 1. The first-order valence-corrected chi connectivity index (χ1v) is 14.9. The molecule has 1 saturated heterocycles. The van der Waals surface area contributed by atoms with E-state index in [1.807, 2.05) is 31.2 Å². The quantitative estimate of drug-likeness (QED) is 0.100. The Morgan fingerprint density at radius 3 is 2.51 bits per heavy atom. The van der Waals surface area contributed by atoms with Crippen LogP contribution in [0.4, 0.5) is 0 Å². The van der Waals surface area contributed by atoms with Crippen LogP contribution in [0.1, 0.15) is 80.4 Å². The molecule has 0 N–H and O–H groups in total. The molecule has 220 valence electrons. The number of ether oxygens (including phenoxy) is 2. The molecule has 0 spiro atoms. The van der Waals surface area contributed by atoms with Gasteiger partial charge in [-0.15, -0.1) is 0 Å². The average molecular weight is 560 g/mol. The second-order valence-electron chi connectivity index (χ2n) is 12.1. The van der Waals surface area contributed by atoms with E-state index >= 15 is 0 Å². The molecule has 2 aromatic carbocycles. The van der Waals surface area contributed by atoms with Gasteiger partial charge in [0.2, 0.25) is 0 Å². The Balaban J connectivity index is 1.51. The molecule has 0 atom stereocenters. The summed E-state index contributed by atoms with van der Waals surface area (Å²) in [5.74, 6) is 2.07. The van der Waals surface area contributed by atoms with Gasteiger partial charge in [0.25, 0.3) is 0 Å². The van der Waals surface area contributed by atoms with Gasteiger partial charge in [-0.05, 0) is 108 Å². The highest BCUT2D eigenvalue weighted by atomic mass is 16.5. The number of carbonyl (C=O) groups excluding carboxylic acids is 1. The molecule has 0 radical (unpaired) electrons. The number of ketones is 1. The number of piperidine rings is 1. The van der Waals surface area contributed by atoms with Crippen molar-refractivity contribution in [1.29, 1.82) is 0 Å². The van der Waals surface area contributed by atoms with Gasteiger partial charge < -0.3 is 18.8 Å². The van der Waals surface area contributed by atoms with Crippen molar-refractivity contribution in [3.05, 3.63) is 80.7 Å². The molecule has 0 saturated carbocycles. The lowest BCUT2D eigenvalue weighted by atomic mass is 9.99. The van der Waals surface area contributed by atoms with Crippen molar-refractivity contribution < 1.29 is 18.7 Å². The summed E-state index contributed by atoms with van der Waals surface area (Å²) < 4.78 is 18.1. The maximum Gasteiger partial charge on any atom is 0.339 e. The smallest absolute Gasteiger partial charge is 0.339 e. The van der Waals surface area contributed by atoms with Crippen molar-refractivity contribution in [3.8, 4) is 11.5 Å². The van der Waals surface area contributed by atoms with Gasteiger partial charge in [0.05, 0.1) is 6.61 Å². The summed E-state index contributed by atoms with van der Waals surface area (Å²) in [6.07, 6.45) is 6.99. The number of rotatable bonds is 12. The Bertz CT molecular complexity index is 1440. The van der Waals surface area contributed by atoms with Crippen LogP contribution in [-0.4, -0.2) is 43.5 Å². The highest BCUT2D eigenvalue weighted by Gasteiger charge is 2.21. The maximum atomic E-state index is 13.3. The molecule has 1 aliphatic heterocycles. The van der Waals surface area contributed by atoms with E-state index in [1.165, 1.54) is 5.57 Å². The zero-order chi connectivity index (χ0) is 29.5. The number of hydrogen-bond acceptors (Lipinski definition) is 6. The molecule has 0 unspecified atom stereocenters. The van der Waals surface area contributed by atoms with Gasteiger partial charge in [-0.25, -0.2) is 4.79 Å². The summed E-state index contributed by atoms with van der Waals surface area (Å²) >= 11 is 0. The van der Waals surface area contributed by atoms with E-state index in [2.05, 4.69) is 45.7 Å². The van der Waals surface area contributed by atoms with Crippen molar-refractivity contribution in [1.82, 2.24) is 4.90 Å². The van der Waals surface area contributed by atoms with E-state index in [9.17, 15) is 9.59 Å². The highest BCUT2D eigenvalue weighted by Crippen LogP contribution is 2.30. The molecule has 6 heteroatoms. The molecule has 1 aromatic heterocycles. The Morgan fingerprint density at radius 1 is 1.07 bits per heavy atom. The van der Waals surface area contributed by atoms with Crippen LogP contribution < -0.4 is 15.1 Å². The Kier molecular flexibility index (Phi) is 10.4. The number of fused-ring (bicyclic) bond motifs is 1. The third kappa shape index (κ3) is 8.32. The topological polar surface area (TPSA) is 69.0 Å². The summed E-state index contributed by atoms with van der Waals surface area (Å²) in [5, 5.41) is 0.787. The zero-order valence-corrected chi connectivity index (χ0v) is 25.5. The molecule has 2 heterocycles. The van der Waals surface area contributed by atoms with Crippen molar-refractivity contribution in [2.75, 3.05) is 26.7 Å². The fraction of sp³-hybridized carbons (Fsp3) is 0.486. The van der Waals surface area contributed by atoms with Crippen LogP contribution in [0.3, 0.4) is 0 Å². The van der Waals surface area contributed by atoms with Crippen LogP contribution in [0.2, 0.25) is 0 Å². The number of hydrogen-bond donors (Lipinski definition) is 0. The minimum absolute atomic E-state index is 0.0260.